The van der Waals surface area contributed by atoms with E-state index >= 15 is 0 Å². The van der Waals surface area contributed by atoms with E-state index in [1.807, 2.05) is 49.4 Å². The Morgan fingerprint density at radius 2 is 1.82 bits per heavy atom. The van der Waals surface area contributed by atoms with Crippen LogP contribution in [-0.4, -0.2) is 43.6 Å². The summed E-state index contributed by atoms with van der Waals surface area (Å²) in [6.45, 7) is 5.94. The van der Waals surface area contributed by atoms with Crippen LogP contribution in [0.1, 0.15) is 49.8 Å². The normalized spacial score (nSPS) is 17.1. The van der Waals surface area contributed by atoms with Gasteiger partial charge in [-0.15, -0.1) is 0 Å². The van der Waals surface area contributed by atoms with Crippen LogP contribution in [0.2, 0.25) is 5.02 Å². The highest BCUT2D eigenvalue weighted by Gasteiger charge is 2.21. The zero-order valence-corrected chi connectivity index (χ0v) is 23.5. The lowest BCUT2D eigenvalue weighted by molar-refractivity contribution is -0.186. The molecule has 0 aromatic heterocycles. The number of hydrogen-bond acceptors (Lipinski definition) is 6. The predicted octanol–water partition coefficient (Wildman–Crippen LogP) is 5.95. The number of benzene rings is 3. The van der Waals surface area contributed by atoms with Crippen LogP contribution in [-0.2, 0) is 15.9 Å². The van der Waals surface area contributed by atoms with Crippen LogP contribution < -0.4 is 16.2 Å². The summed E-state index contributed by atoms with van der Waals surface area (Å²) >= 11 is 6.22. The van der Waals surface area contributed by atoms with Crippen LogP contribution in [0.4, 0.5) is 5.69 Å². The SMILES string of the molecule is CCN(/C(C)=N\N)c1ccccc1/C(=N\NCC(Cc1ccccc1)OC1CCCCO1)c1ccc(Cl)cc1. The second kappa shape index (κ2) is 14.7. The number of nitrogens with one attached hydrogen (secondary N) is 1. The molecule has 8 heteroatoms. The Morgan fingerprint density at radius 3 is 2.51 bits per heavy atom. The van der Waals surface area contributed by atoms with Gasteiger partial charge in [0.1, 0.15) is 5.84 Å². The summed E-state index contributed by atoms with van der Waals surface area (Å²) in [5, 5.41) is 9.55. The Kier molecular flexibility index (Phi) is 10.8. The molecule has 1 heterocycles. The molecule has 3 aromatic rings. The Hall–Kier alpha value is -3.39. The van der Waals surface area contributed by atoms with E-state index in [0.29, 0.717) is 18.1 Å². The third-order valence-electron chi connectivity index (χ3n) is 6.76. The molecule has 0 radical (unpaired) electrons. The average Bonchev–Trinajstić information content (AvgIpc) is 2.97. The van der Waals surface area contributed by atoms with Crippen LogP contribution in [0.3, 0.4) is 0 Å². The fourth-order valence-corrected chi connectivity index (χ4v) is 4.87. The van der Waals surface area contributed by atoms with Crippen molar-refractivity contribution in [2.75, 3.05) is 24.6 Å². The van der Waals surface area contributed by atoms with Gasteiger partial charge in [0.05, 0.1) is 24.0 Å². The van der Waals surface area contributed by atoms with Crippen molar-refractivity contribution in [2.24, 2.45) is 16.0 Å². The van der Waals surface area contributed by atoms with E-state index in [0.717, 1.165) is 60.7 Å². The smallest absolute Gasteiger partial charge is 0.158 e. The van der Waals surface area contributed by atoms with Gasteiger partial charge in [-0.25, -0.2) is 0 Å². The van der Waals surface area contributed by atoms with Crippen molar-refractivity contribution in [2.45, 2.75) is 51.9 Å². The van der Waals surface area contributed by atoms with Gasteiger partial charge < -0.3 is 25.6 Å². The largest absolute Gasteiger partial charge is 0.353 e. The molecule has 1 aliphatic rings. The fourth-order valence-electron chi connectivity index (χ4n) is 4.75. The summed E-state index contributed by atoms with van der Waals surface area (Å²) in [6.07, 6.45) is 3.56. The van der Waals surface area contributed by atoms with E-state index in [-0.39, 0.29) is 12.4 Å². The molecule has 0 saturated carbocycles. The molecule has 0 aliphatic carbocycles. The van der Waals surface area contributed by atoms with Gasteiger partial charge in [0.15, 0.2) is 6.29 Å². The van der Waals surface area contributed by atoms with Crippen molar-refractivity contribution in [3.8, 4) is 0 Å². The number of nitrogens with two attached hydrogens (primary N) is 1. The number of amidine groups is 1. The fraction of sp³-hybridized carbons (Fsp3) is 0.355. The van der Waals surface area contributed by atoms with Crippen molar-refractivity contribution in [3.05, 3.63) is 101 Å². The summed E-state index contributed by atoms with van der Waals surface area (Å²) < 4.78 is 12.3. The van der Waals surface area contributed by atoms with Crippen LogP contribution in [0.25, 0.3) is 0 Å². The number of ether oxygens (including phenoxy) is 2. The minimum Gasteiger partial charge on any atom is -0.353 e. The minimum absolute atomic E-state index is 0.111. The maximum absolute atomic E-state index is 6.42. The van der Waals surface area contributed by atoms with Crippen molar-refractivity contribution in [1.29, 1.82) is 0 Å². The molecule has 0 spiro atoms. The Morgan fingerprint density at radius 1 is 1.08 bits per heavy atom. The van der Waals surface area contributed by atoms with Crippen LogP contribution in [0, 0.1) is 0 Å². The van der Waals surface area contributed by atoms with E-state index in [4.69, 9.17) is 32.0 Å². The second-order valence-electron chi connectivity index (χ2n) is 9.51. The molecule has 1 aliphatic heterocycles. The molecular weight excluding hydrogens is 510 g/mol. The van der Waals surface area contributed by atoms with E-state index in [9.17, 15) is 0 Å². The lowest BCUT2D eigenvalue weighted by atomic mass is 10.00. The van der Waals surface area contributed by atoms with Gasteiger partial charge in [-0.05, 0) is 56.9 Å². The molecule has 7 nitrogen and oxygen atoms in total. The highest BCUT2D eigenvalue weighted by molar-refractivity contribution is 6.30. The minimum atomic E-state index is -0.189. The predicted molar refractivity (Wildman–Crippen MR) is 160 cm³/mol. The summed E-state index contributed by atoms with van der Waals surface area (Å²) in [5.41, 5.74) is 8.19. The average molecular weight is 548 g/mol. The van der Waals surface area contributed by atoms with Crippen molar-refractivity contribution < 1.29 is 9.47 Å². The summed E-state index contributed by atoms with van der Waals surface area (Å²) in [6, 6.07) is 26.2. The number of rotatable bonds is 11. The van der Waals surface area contributed by atoms with Crippen LogP contribution >= 0.6 is 11.6 Å². The van der Waals surface area contributed by atoms with E-state index in [1.165, 1.54) is 5.56 Å². The van der Waals surface area contributed by atoms with Crippen molar-refractivity contribution in [1.82, 2.24) is 5.43 Å². The Balaban J connectivity index is 1.64. The zero-order chi connectivity index (χ0) is 27.5. The number of nitrogens with zero attached hydrogens (tertiary/aromatic N) is 3. The van der Waals surface area contributed by atoms with Crippen molar-refractivity contribution >= 4 is 28.8 Å². The van der Waals surface area contributed by atoms with Gasteiger partial charge in [-0.1, -0.05) is 72.3 Å². The maximum atomic E-state index is 6.42. The number of para-hydroxylation sites is 1. The number of hydrogen-bond donors (Lipinski definition) is 2. The molecule has 3 N–H and O–H groups in total. The molecule has 1 saturated heterocycles. The topological polar surface area (TPSA) is 84.5 Å². The molecular formula is C31H38ClN5O2. The second-order valence-corrected chi connectivity index (χ2v) is 9.95. The van der Waals surface area contributed by atoms with E-state index in [1.54, 1.807) is 0 Å². The molecule has 3 aromatic carbocycles. The standard InChI is InChI=1S/C31H38ClN5O2/c1-3-37(23(2)35-33)29-14-8-7-13-28(29)31(25-16-18-26(32)19-17-25)36-34-22-27(21-24-11-5-4-6-12-24)39-30-15-9-10-20-38-30/h4-8,11-14,16-19,27,30,34H,3,9-10,15,20-22,33H2,1-2H3/b35-23-,36-31-. The van der Waals surface area contributed by atoms with Crippen LogP contribution in [0.5, 0.6) is 0 Å². The number of halogens is 1. The monoisotopic (exact) mass is 547 g/mol. The van der Waals surface area contributed by atoms with Gasteiger partial charge in [-0.3, -0.25) is 0 Å². The molecule has 0 bridgehead atoms. The highest BCUT2D eigenvalue weighted by atomic mass is 35.5. The zero-order valence-electron chi connectivity index (χ0n) is 22.7. The highest BCUT2D eigenvalue weighted by Crippen LogP contribution is 2.25. The summed E-state index contributed by atoms with van der Waals surface area (Å²) in [4.78, 5) is 2.07. The van der Waals surface area contributed by atoms with Gasteiger partial charge >= 0.3 is 0 Å². The molecule has 2 unspecified atom stereocenters. The molecule has 1 fully saturated rings. The molecule has 39 heavy (non-hydrogen) atoms. The van der Waals surface area contributed by atoms with Gasteiger partial charge in [0.2, 0.25) is 0 Å². The van der Waals surface area contributed by atoms with E-state index in [2.05, 4.69) is 58.7 Å². The Labute approximate surface area is 236 Å². The first-order chi connectivity index (χ1) is 19.1. The van der Waals surface area contributed by atoms with Gasteiger partial charge in [0.25, 0.3) is 0 Å². The summed E-state index contributed by atoms with van der Waals surface area (Å²) in [5.74, 6) is 6.38. The first-order valence-electron chi connectivity index (χ1n) is 13.6. The number of hydrazone groups is 2. The first-order valence-corrected chi connectivity index (χ1v) is 14.0. The molecule has 0 amide bonds. The molecule has 206 valence electrons. The van der Waals surface area contributed by atoms with E-state index < -0.39 is 0 Å². The maximum Gasteiger partial charge on any atom is 0.158 e. The quantitative estimate of drug-likeness (QED) is 0.134. The summed E-state index contributed by atoms with van der Waals surface area (Å²) in [7, 11) is 0. The Bertz CT molecular complexity index is 1230. The lowest BCUT2D eigenvalue weighted by Gasteiger charge is -2.28. The van der Waals surface area contributed by atoms with Gasteiger partial charge in [-0.2, -0.15) is 10.2 Å². The lowest BCUT2D eigenvalue weighted by Crippen LogP contribution is -2.35. The molecule has 4 rings (SSSR count). The third kappa shape index (κ3) is 8.05. The number of anilines is 1. The third-order valence-corrected chi connectivity index (χ3v) is 7.01. The molecule has 2 atom stereocenters. The van der Waals surface area contributed by atoms with Crippen LogP contribution in [0.15, 0.2) is 89.1 Å². The van der Waals surface area contributed by atoms with Gasteiger partial charge in [0, 0.05) is 35.7 Å². The van der Waals surface area contributed by atoms with Crippen molar-refractivity contribution in [3.63, 3.8) is 0 Å². The first kappa shape index (κ1) is 28.6.